The zero-order chi connectivity index (χ0) is 13.0. The molecule has 0 saturated carbocycles. The van der Waals surface area contributed by atoms with E-state index in [0.717, 1.165) is 39.0 Å². The van der Waals surface area contributed by atoms with Crippen LogP contribution in [0.4, 0.5) is 8.78 Å². The molecule has 1 aliphatic rings. The second kappa shape index (κ2) is 9.50. The van der Waals surface area contributed by atoms with Crippen molar-refractivity contribution in [3.8, 4) is 0 Å². The Balaban J connectivity index is 0.00000180. The molecule has 1 N–H and O–H groups in total. The van der Waals surface area contributed by atoms with Gasteiger partial charge in [-0.1, -0.05) is 25.5 Å². The summed E-state index contributed by atoms with van der Waals surface area (Å²) >= 11 is 0. The van der Waals surface area contributed by atoms with Gasteiger partial charge in [0.1, 0.15) is 0 Å². The molecule has 0 unspecified atom stereocenters. The van der Waals surface area contributed by atoms with E-state index in [4.69, 9.17) is 0 Å². The molecule has 2 nitrogen and oxygen atoms in total. The van der Waals surface area contributed by atoms with Crippen molar-refractivity contribution < 1.29 is 8.78 Å². The standard InChI is InChI=1S/C14H20F2N2.2ClH/c1-2-4-13(18-9-7-17-8-10-18)11-5-3-6-12(15)14(11)16;;/h3,5-6,13,17H,2,4,7-10H2,1H3;2*1H/t13-;;/m0../s1. The molecule has 6 heteroatoms. The summed E-state index contributed by atoms with van der Waals surface area (Å²) in [6.07, 6.45) is 1.82. The lowest BCUT2D eigenvalue weighted by Crippen LogP contribution is -2.45. The zero-order valence-corrected chi connectivity index (χ0v) is 13.2. The van der Waals surface area contributed by atoms with Gasteiger partial charge in [-0.3, -0.25) is 4.90 Å². The minimum atomic E-state index is -0.747. The van der Waals surface area contributed by atoms with Gasteiger partial charge in [-0.25, -0.2) is 8.78 Å². The molecule has 0 radical (unpaired) electrons. The van der Waals surface area contributed by atoms with Gasteiger partial charge in [0.2, 0.25) is 0 Å². The van der Waals surface area contributed by atoms with Crippen LogP contribution in [-0.2, 0) is 0 Å². The monoisotopic (exact) mass is 326 g/mol. The molecule has 1 fully saturated rings. The Hall–Kier alpha value is -0.420. The summed E-state index contributed by atoms with van der Waals surface area (Å²) in [6.45, 7) is 5.68. The predicted molar refractivity (Wildman–Crippen MR) is 82.9 cm³/mol. The van der Waals surface area contributed by atoms with Crippen molar-refractivity contribution in [2.24, 2.45) is 0 Å². The molecule has 1 heterocycles. The summed E-state index contributed by atoms with van der Waals surface area (Å²) in [5.41, 5.74) is 0.499. The first kappa shape index (κ1) is 19.6. The first-order valence-electron chi connectivity index (χ1n) is 6.62. The van der Waals surface area contributed by atoms with Crippen LogP contribution < -0.4 is 5.32 Å². The van der Waals surface area contributed by atoms with Gasteiger partial charge < -0.3 is 5.32 Å². The maximum Gasteiger partial charge on any atom is 0.163 e. The van der Waals surface area contributed by atoms with Crippen molar-refractivity contribution in [2.75, 3.05) is 26.2 Å². The van der Waals surface area contributed by atoms with Crippen molar-refractivity contribution in [1.82, 2.24) is 10.2 Å². The highest BCUT2D eigenvalue weighted by Gasteiger charge is 2.24. The summed E-state index contributed by atoms with van der Waals surface area (Å²) in [4.78, 5) is 2.25. The molecule has 116 valence electrons. The van der Waals surface area contributed by atoms with E-state index in [2.05, 4.69) is 17.1 Å². The smallest absolute Gasteiger partial charge is 0.163 e. The maximum absolute atomic E-state index is 13.9. The van der Waals surface area contributed by atoms with Gasteiger partial charge in [-0.2, -0.15) is 0 Å². The molecule has 0 aromatic heterocycles. The quantitative estimate of drug-likeness (QED) is 0.910. The van der Waals surface area contributed by atoms with Gasteiger partial charge in [-0.05, 0) is 12.5 Å². The van der Waals surface area contributed by atoms with E-state index in [1.807, 2.05) is 0 Å². The lowest BCUT2D eigenvalue weighted by Gasteiger charge is -2.35. The van der Waals surface area contributed by atoms with Crippen LogP contribution in [-0.4, -0.2) is 31.1 Å². The summed E-state index contributed by atoms with van der Waals surface area (Å²) in [7, 11) is 0. The van der Waals surface area contributed by atoms with Crippen molar-refractivity contribution in [1.29, 1.82) is 0 Å². The molecule has 0 bridgehead atoms. The van der Waals surface area contributed by atoms with E-state index < -0.39 is 11.6 Å². The number of hydrogen-bond donors (Lipinski definition) is 1. The average molecular weight is 327 g/mol. The first-order chi connectivity index (χ1) is 8.74. The highest BCUT2D eigenvalue weighted by molar-refractivity contribution is 5.85. The lowest BCUT2D eigenvalue weighted by molar-refractivity contribution is 0.160. The van der Waals surface area contributed by atoms with E-state index in [1.54, 1.807) is 12.1 Å². The van der Waals surface area contributed by atoms with Crippen molar-refractivity contribution in [3.05, 3.63) is 35.4 Å². The second-order valence-electron chi connectivity index (χ2n) is 4.73. The number of rotatable bonds is 4. The van der Waals surface area contributed by atoms with E-state index >= 15 is 0 Å². The fourth-order valence-electron chi connectivity index (χ4n) is 2.58. The van der Waals surface area contributed by atoms with Crippen molar-refractivity contribution in [3.63, 3.8) is 0 Å². The Bertz CT molecular complexity index is 399. The van der Waals surface area contributed by atoms with E-state index in [-0.39, 0.29) is 30.9 Å². The van der Waals surface area contributed by atoms with Gasteiger partial charge >= 0.3 is 0 Å². The fraction of sp³-hybridized carbons (Fsp3) is 0.571. The van der Waals surface area contributed by atoms with Gasteiger partial charge in [0.15, 0.2) is 11.6 Å². The highest BCUT2D eigenvalue weighted by Crippen LogP contribution is 2.29. The minimum Gasteiger partial charge on any atom is -0.314 e. The van der Waals surface area contributed by atoms with Crippen LogP contribution in [0.5, 0.6) is 0 Å². The highest BCUT2D eigenvalue weighted by atomic mass is 35.5. The molecule has 0 amide bonds. The number of halogens is 4. The Morgan fingerprint density at radius 1 is 1.20 bits per heavy atom. The van der Waals surface area contributed by atoms with Crippen LogP contribution in [0.3, 0.4) is 0 Å². The summed E-state index contributed by atoms with van der Waals surface area (Å²) in [5, 5.41) is 3.28. The molecule has 1 aromatic carbocycles. The predicted octanol–water partition coefficient (Wildman–Crippen LogP) is 3.55. The molecule has 1 atom stereocenters. The van der Waals surface area contributed by atoms with Gasteiger partial charge in [0, 0.05) is 37.8 Å². The van der Waals surface area contributed by atoms with E-state index in [0.29, 0.717) is 5.56 Å². The third kappa shape index (κ3) is 4.55. The number of hydrogen-bond acceptors (Lipinski definition) is 2. The molecule has 2 rings (SSSR count). The number of nitrogens with zero attached hydrogens (tertiary/aromatic N) is 1. The molecule has 0 aliphatic carbocycles. The largest absolute Gasteiger partial charge is 0.314 e. The van der Waals surface area contributed by atoms with Crippen LogP contribution in [0.1, 0.15) is 31.4 Å². The second-order valence-corrected chi connectivity index (χ2v) is 4.73. The molecule has 1 aliphatic heterocycles. The molecule has 1 saturated heterocycles. The van der Waals surface area contributed by atoms with Gasteiger partial charge in [-0.15, -0.1) is 24.8 Å². The summed E-state index contributed by atoms with van der Waals surface area (Å²) in [6, 6.07) is 4.48. The summed E-state index contributed by atoms with van der Waals surface area (Å²) < 4.78 is 27.3. The number of piperazine rings is 1. The van der Waals surface area contributed by atoms with Gasteiger partial charge in [0.25, 0.3) is 0 Å². The zero-order valence-electron chi connectivity index (χ0n) is 11.6. The van der Waals surface area contributed by atoms with Gasteiger partial charge in [0.05, 0.1) is 0 Å². The Morgan fingerprint density at radius 3 is 2.45 bits per heavy atom. The Morgan fingerprint density at radius 2 is 1.85 bits per heavy atom. The third-order valence-corrected chi connectivity index (χ3v) is 3.49. The van der Waals surface area contributed by atoms with Crippen LogP contribution >= 0.6 is 24.8 Å². The molecule has 0 spiro atoms. The van der Waals surface area contributed by atoms with Crippen LogP contribution in [0.15, 0.2) is 18.2 Å². The molecule has 1 aromatic rings. The van der Waals surface area contributed by atoms with Crippen molar-refractivity contribution in [2.45, 2.75) is 25.8 Å². The third-order valence-electron chi connectivity index (χ3n) is 3.49. The molecule has 20 heavy (non-hydrogen) atoms. The molecular formula is C14H22Cl2F2N2. The minimum absolute atomic E-state index is 0. The summed E-state index contributed by atoms with van der Waals surface area (Å²) in [5.74, 6) is -1.43. The van der Waals surface area contributed by atoms with Crippen LogP contribution in [0, 0.1) is 11.6 Å². The number of benzene rings is 1. The van der Waals surface area contributed by atoms with Crippen LogP contribution in [0.2, 0.25) is 0 Å². The lowest BCUT2D eigenvalue weighted by atomic mass is 9.99. The average Bonchev–Trinajstić information content (AvgIpc) is 2.41. The Labute approximate surface area is 131 Å². The van der Waals surface area contributed by atoms with Crippen molar-refractivity contribution >= 4 is 24.8 Å². The molecular weight excluding hydrogens is 305 g/mol. The van der Waals surface area contributed by atoms with E-state index in [9.17, 15) is 8.78 Å². The fourth-order valence-corrected chi connectivity index (χ4v) is 2.58. The van der Waals surface area contributed by atoms with Crippen LogP contribution in [0.25, 0.3) is 0 Å². The Kier molecular flexibility index (Phi) is 9.30. The normalized spacial score (nSPS) is 16.9. The SMILES string of the molecule is CCC[C@@H](c1cccc(F)c1F)N1CCNCC1.Cl.Cl. The van der Waals surface area contributed by atoms with E-state index in [1.165, 1.54) is 6.07 Å². The topological polar surface area (TPSA) is 15.3 Å². The first-order valence-corrected chi connectivity index (χ1v) is 6.62. The maximum atomic E-state index is 13.9. The number of nitrogens with one attached hydrogen (secondary N) is 1.